The van der Waals surface area contributed by atoms with Gasteiger partial charge in [-0.2, -0.15) is 0 Å². The Hall–Kier alpha value is -0.410. The van der Waals surface area contributed by atoms with E-state index in [0.29, 0.717) is 30.0 Å². The summed E-state index contributed by atoms with van der Waals surface area (Å²) in [5.41, 5.74) is -0.498. The summed E-state index contributed by atoms with van der Waals surface area (Å²) in [6.45, 7) is 9.02. The van der Waals surface area contributed by atoms with Crippen LogP contribution in [0, 0.1) is 39.9 Å². The highest BCUT2D eigenvalue weighted by atomic mass is 16.5. The zero-order valence-electron chi connectivity index (χ0n) is 17.4. The van der Waals surface area contributed by atoms with Crippen molar-refractivity contribution < 1.29 is 14.6 Å². The number of hydrogen-bond acceptors (Lipinski definition) is 3. The van der Waals surface area contributed by atoms with Crippen LogP contribution in [0.3, 0.4) is 0 Å². The number of hydrogen-bond donors (Lipinski definition) is 1. The number of ether oxygens (including phenoxy) is 1. The van der Waals surface area contributed by atoms with E-state index in [1.165, 1.54) is 12.8 Å². The van der Waals surface area contributed by atoms with Gasteiger partial charge in [0, 0.05) is 23.9 Å². The first kappa shape index (κ1) is 18.9. The van der Waals surface area contributed by atoms with E-state index in [9.17, 15) is 9.90 Å². The highest BCUT2D eigenvalue weighted by Crippen LogP contribution is 2.68. The van der Waals surface area contributed by atoms with E-state index >= 15 is 0 Å². The number of ketones is 1. The van der Waals surface area contributed by atoms with E-state index in [4.69, 9.17) is 4.74 Å². The molecule has 4 rings (SSSR count). The van der Waals surface area contributed by atoms with E-state index < -0.39 is 6.10 Å². The molecule has 4 aliphatic carbocycles. The van der Waals surface area contributed by atoms with E-state index in [2.05, 4.69) is 27.7 Å². The first-order valence-electron chi connectivity index (χ1n) is 10.9. The Balaban J connectivity index is 1.82. The molecule has 0 amide bonds. The second-order valence-corrected chi connectivity index (χ2v) is 10.8. The van der Waals surface area contributed by atoms with E-state index in [1.807, 2.05) is 7.11 Å². The predicted octanol–water partition coefficient (Wildman–Crippen LogP) is 4.61. The summed E-state index contributed by atoms with van der Waals surface area (Å²) in [4.78, 5) is 13.8. The van der Waals surface area contributed by atoms with Crippen LogP contribution in [0.25, 0.3) is 0 Å². The lowest BCUT2D eigenvalue weighted by molar-refractivity contribution is -0.192. The lowest BCUT2D eigenvalue weighted by Gasteiger charge is -2.61. The minimum Gasteiger partial charge on any atom is -0.393 e. The molecule has 4 aliphatic rings. The van der Waals surface area contributed by atoms with Crippen molar-refractivity contribution in [1.29, 1.82) is 0 Å². The van der Waals surface area contributed by atoms with Crippen LogP contribution in [0.1, 0.15) is 79.1 Å². The molecular weight excluding hydrogens is 324 g/mol. The Morgan fingerprint density at radius 2 is 1.77 bits per heavy atom. The third-order valence-electron chi connectivity index (χ3n) is 9.61. The summed E-state index contributed by atoms with van der Waals surface area (Å²) in [6.07, 6.45) is 8.26. The summed E-state index contributed by atoms with van der Waals surface area (Å²) >= 11 is 0. The Morgan fingerprint density at radius 3 is 2.38 bits per heavy atom. The molecule has 0 aromatic rings. The summed E-state index contributed by atoms with van der Waals surface area (Å²) in [5, 5.41) is 11.6. The number of aliphatic hydroxyl groups is 1. The first-order chi connectivity index (χ1) is 12.2. The predicted molar refractivity (Wildman–Crippen MR) is 103 cm³/mol. The molecule has 1 N–H and O–H groups in total. The van der Waals surface area contributed by atoms with Crippen molar-refractivity contribution in [3.63, 3.8) is 0 Å². The van der Waals surface area contributed by atoms with Crippen molar-refractivity contribution >= 4 is 5.78 Å². The number of Topliss-reactive ketones (excluding diaryl/α,β-unsaturated/α-hetero) is 1. The van der Waals surface area contributed by atoms with E-state index in [1.54, 1.807) is 0 Å². The lowest BCUT2D eigenvalue weighted by atomic mass is 9.43. The highest BCUT2D eigenvalue weighted by Gasteiger charge is 2.67. The number of carbonyl (C=O) groups is 1. The third kappa shape index (κ3) is 2.42. The molecule has 8 atom stereocenters. The number of aliphatic hydroxyl groups excluding tert-OH is 1. The first-order valence-corrected chi connectivity index (χ1v) is 10.9. The van der Waals surface area contributed by atoms with Gasteiger partial charge in [-0.05, 0) is 61.7 Å². The molecule has 26 heavy (non-hydrogen) atoms. The van der Waals surface area contributed by atoms with Gasteiger partial charge in [-0.3, -0.25) is 4.79 Å². The molecule has 3 heteroatoms. The lowest BCUT2D eigenvalue weighted by Crippen LogP contribution is -2.62. The van der Waals surface area contributed by atoms with Gasteiger partial charge in [-0.1, -0.05) is 40.5 Å². The van der Waals surface area contributed by atoms with Crippen molar-refractivity contribution in [2.75, 3.05) is 7.11 Å². The maximum absolute atomic E-state index is 13.8. The molecule has 0 heterocycles. The monoisotopic (exact) mass is 362 g/mol. The molecule has 2 unspecified atom stereocenters. The average molecular weight is 363 g/mol. The maximum Gasteiger partial charge on any atom is 0.142 e. The van der Waals surface area contributed by atoms with Crippen LogP contribution >= 0.6 is 0 Å². The largest absolute Gasteiger partial charge is 0.393 e. The van der Waals surface area contributed by atoms with Gasteiger partial charge in [0.2, 0.25) is 0 Å². The molecule has 148 valence electrons. The van der Waals surface area contributed by atoms with E-state index in [0.717, 1.165) is 32.1 Å². The second-order valence-electron chi connectivity index (χ2n) is 10.8. The van der Waals surface area contributed by atoms with Crippen LogP contribution in [0.4, 0.5) is 0 Å². The van der Waals surface area contributed by atoms with Gasteiger partial charge in [0.25, 0.3) is 0 Å². The third-order valence-corrected chi connectivity index (χ3v) is 9.61. The normalized spacial score (nSPS) is 54.5. The highest BCUT2D eigenvalue weighted by molar-refractivity contribution is 5.87. The summed E-state index contributed by atoms with van der Waals surface area (Å²) < 4.78 is 5.96. The Labute approximate surface area is 159 Å². The molecule has 0 aromatic heterocycles. The minimum atomic E-state index is -0.418. The number of rotatable bonds is 3. The molecule has 4 fully saturated rings. The van der Waals surface area contributed by atoms with Gasteiger partial charge in [0.15, 0.2) is 0 Å². The van der Waals surface area contributed by atoms with Crippen molar-refractivity contribution in [2.24, 2.45) is 39.9 Å². The van der Waals surface area contributed by atoms with Gasteiger partial charge in [0.05, 0.1) is 12.2 Å². The van der Waals surface area contributed by atoms with Crippen molar-refractivity contribution in [2.45, 2.75) is 91.3 Å². The molecular formula is C23H38O3. The molecule has 3 nitrogen and oxygen atoms in total. The Kier molecular flexibility index (Phi) is 4.40. The number of methoxy groups -OCH3 is 1. The fourth-order valence-corrected chi connectivity index (χ4v) is 7.67. The SMILES string of the molecule is CO[C@@H]1CCC23CC[C@@H](C)[C@](C)(C12)[C@H](O)C[C@@](C)(CC1CC1)C(=O)[C@@H]3C. The second kappa shape index (κ2) is 6.04. The molecule has 0 aliphatic heterocycles. The summed E-state index contributed by atoms with van der Waals surface area (Å²) in [7, 11) is 1.82. The van der Waals surface area contributed by atoms with Crippen LogP contribution in [-0.4, -0.2) is 30.2 Å². The molecule has 0 radical (unpaired) electrons. The zero-order valence-corrected chi connectivity index (χ0v) is 17.4. The Bertz CT molecular complexity index is 584. The van der Waals surface area contributed by atoms with Crippen LogP contribution in [0.2, 0.25) is 0 Å². The fraction of sp³-hybridized carbons (Fsp3) is 0.957. The van der Waals surface area contributed by atoms with Crippen molar-refractivity contribution in [3.05, 3.63) is 0 Å². The summed E-state index contributed by atoms with van der Waals surface area (Å²) in [6, 6.07) is 0. The quantitative estimate of drug-likeness (QED) is 0.797. The van der Waals surface area contributed by atoms with Crippen LogP contribution in [-0.2, 0) is 9.53 Å². The Morgan fingerprint density at radius 1 is 1.12 bits per heavy atom. The molecule has 0 saturated heterocycles. The van der Waals surface area contributed by atoms with Gasteiger partial charge in [0.1, 0.15) is 5.78 Å². The molecule has 2 bridgehead atoms. The molecule has 4 saturated carbocycles. The maximum atomic E-state index is 13.8. The van der Waals surface area contributed by atoms with Crippen LogP contribution in [0.5, 0.6) is 0 Å². The molecule has 0 spiro atoms. The zero-order chi connectivity index (χ0) is 18.9. The van der Waals surface area contributed by atoms with Crippen molar-refractivity contribution in [3.8, 4) is 0 Å². The molecule has 0 aromatic carbocycles. The van der Waals surface area contributed by atoms with Gasteiger partial charge < -0.3 is 9.84 Å². The minimum absolute atomic E-state index is 0.0191. The van der Waals surface area contributed by atoms with Gasteiger partial charge in [-0.15, -0.1) is 0 Å². The van der Waals surface area contributed by atoms with Gasteiger partial charge >= 0.3 is 0 Å². The topological polar surface area (TPSA) is 46.5 Å². The average Bonchev–Trinajstić information content (AvgIpc) is 3.32. The fourth-order valence-electron chi connectivity index (χ4n) is 7.67. The van der Waals surface area contributed by atoms with Gasteiger partial charge in [-0.25, -0.2) is 0 Å². The van der Waals surface area contributed by atoms with Crippen LogP contribution < -0.4 is 0 Å². The smallest absolute Gasteiger partial charge is 0.142 e. The summed E-state index contributed by atoms with van der Waals surface area (Å²) in [5.74, 6) is 1.98. The van der Waals surface area contributed by atoms with Crippen molar-refractivity contribution in [1.82, 2.24) is 0 Å². The standard InChI is InChI=1S/C23H38O3/c1-14-8-10-23-11-9-17(26-5)19(23)22(14,4)18(24)13-21(3,12-16-6-7-16)20(25)15(23)2/h14-19,24H,6-13H2,1-5H3/t14-,15+,17-,18-,19?,21-,22+,23?/m1/s1. The van der Waals surface area contributed by atoms with Crippen LogP contribution in [0.15, 0.2) is 0 Å². The van der Waals surface area contributed by atoms with E-state index in [-0.39, 0.29) is 28.3 Å². The number of carbonyl (C=O) groups excluding carboxylic acids is 1.